The van der Waals surface area contributed by atoms with Crippen molar-refractivity contribution in [3.8, 4) is 11.4 Å². The summed E-state index contributed by atoms with van der Waals surface area (Å²) in [6, 6.07) is 18.3. The molecule has 0 aliphatic carbocycles. The van der Waals surface area contributed by atoms with Gasteiger partial charge in [0.25, 0.3) is 0 Å². The van der Waals surface area contributed by atoms with Crippen molar-refractivity contribution in [1.82, 2.24) is 20.8 Å². The van der Waals surface area contributed by atoms with Crippen LogP contribution in [-0.2, 0) is 6.54 Å². The number of aliphatic imine (C=N–C) groups is 1. The van der Waals surface area contributed by atoms with Crippen LogP contribution in [0.4, 0.5) is 5.69 Å². The normalized spacial score (nSPS) is 15.2. The molecule has 8 heteroatoms. The van der Waals surface area contributed by atoms with Gasteiger partial charge < -0.3 is 20.1 Å². The summed E-state index contributed by atoms with van der Waals surface area (Å²) in [6.45, 7) is 5.19. The molecule has 2 aromatic carbocycles. The molecule has 0 unspecified atom stereocenters. The SMILES string of the molecule is CCNC(=NCc1nc(-c2cccc(Cl)c2)no1)NC1CCN(c2ccccc2)CC1. The third-order valence-electron chi connectivity index (χ3n) is 5.22. The molecular formula is C23H27ClN6O. The first-order valence-electron chi connectivity index (χ1n) is 10.6. The molecule has 0 radical (unpaired) electrons. The molecule has 3 aromatic rings. The fraction of sp³-hybridized carbons (Fsp3) is 0.348. The van der Waals surface area contributed by atoms with Gasteiger partial charge in [0.15, 0.2) is 5.96 Å². The maximum atomic E-state index is 6.05. The molecule has 1 aliphatic rings. The monoisotopic (exact) mass is 438 g/mol. The average Bonchev–Trinajstić information content (AvgIpc) is 3.28. The Bertz CT molecular complexity index is 998. The Balaban J connectivity index is 1.34. The van der Waals surface area contributed by atoms with Crippen LogP contribution < -0.4 is 15.5 Å². The number of benzene rings is 2. The van der Waals surface area contributed by atoms with Gasteiger partial charge in [0, 0.05) is 41.9 Å². The maximum absolute atomic E-state index is 6.05. The minimum absolute atomic E-state index is 0.311. The van der Waals surface area contributed by atoms with E-state index in [1.807, 2.05) is 24.3 Å². The molecule has 0 spiro atoms. The lowest BCUT2D eigenvalue weighted by Crippen LogP contribution is -2.48. The zero-order chi connectivity index (χ0) is 21.5. The van der Waals surface area contributed by atoms with Crippen LogP contribution in [-0.4, -0.2) is 41.8 Å². The second-order valence-corrected chi connectivity index (χ2v) is 7.89. The van der Waals surface area contributed by atoms with E-state index >= 15 is 0 Å². The van der Waals surface area contributed by atoms with Gasteiger partial charge in [-0.1, -0.05) is 47.1 Å². The fourth-order valence-electron chi connectivity index (χ4n) is 3.64. The van der Waals surface area contributed by atoms with Gasteiger partial charge in [-0.3, -0.25) is 0 Å². The van der Waals surface area contributed by atoms with Gasteiger partial charge in [-0.2, -0.15) is 4.98 Å². The highest BCUT2D eigenvalue weighted by molar-refractivity contribution is 6.30. The van der Waals surface area contributed by atoms with Crippen LogP contribution in [0.25, 0.3) is 11.4 Å². The molecule has 4 rings (SSSR count). The molecule has 0 bridgehead atoms. The van der Waals surface area contributed by atoms with Crippen LogP contribution in [0.2, 0.25) is 5.02 Å². The lowest BCUT2D eigenvalue weighted by atomic mass is 10.0. The molecule has 162 valence electrons. The number of anilines is 1. The molecule has 2 N–H and O–H groups in total. The predicted molar refractivity (Wildman–Crippen MR) is 124 cm³/mol. The minimum atomic E-state index is 0.311. The van der Waals surface area contributed by atoms with Crippen molar-refractivity contribution in [1.29, 1.82) is 0 Å². The van der Waals surface area contributed by atoms with Crippen LogP contribution in [0.15, 0.2) is 64.1 Å². The molecule has 1 fully saturated rings. The Morgan fingerprint density at radius 2 is 1.97 bits per heavy atom. The highest BCUT2D eigenvalue weighted by atomic mass is 35.5. The van der Waals surface area contributed by atoms with Crippen molar-refractivity contribution in [2.24, 2.45) is 4.99 Å². The van der Waals surface area contributed by atoms with Gasteiger partial charge in [-0.15, -0.1) is 0 Å². The number of halogens is 1. The second kappa shape index (κ2) is 10.3. The summed E-state index contributed by atoms with van der Waals surface area (Å²) in [5.74, 6) is 1.74. The van der Waals surface area contributed by atoms with E-state index < -0.39 is 0 Å². The van der Waals surface area contributed by atoms with E-state index in [9.17, 15) is 0 Å². The van der Waals surface area contributed by atoms with Crippen LogP contribution in [0.3, 0.4) is 0 Å². The lowest BCUT2D eigenvalue weighted by molar-refractivity contribution is 0.380. The number of guanidine groups is 1. The van der Waals surface area contributed by atoms with Crippen LogP contribution in [0.5, 0.6) is 0 Å². The maximum Gasteiger partial charge on any atom is 0.248 e. The predicted octanol–water partition coefficient (Wildman–Crippen LogP) is 4.11. The van der Waals surface area contributed by atoms with E-state index in [1.165, 1.54) is 5.69 Å². The number of nitrogens with zero attached hydrogens (tertiary/aromatic N) is 4. The van der Waals surface area contributed by atoms with Crippen LogP contribution in [0.1, 0.15) is 25.7 Å². The average molecular weight is 439 g/mol. The van der Waals surface area contributed by atoms with Gasteiger partial charge in [0.05, 0.1) is 0 Å². The lowest BCUT2D eigenvalue weighted by Gasteiger charge is -2.34. The zero-order valence-corrected chi connectivity index (χ0v) is 18.3. The first-order valence-corrected chi connectivity index (χ1v) is 11.0. The third kappa shape index (κ3) is 5.76. The van der Waals surface area contributed by atoms with E-state index in [0.717, 1.165) is 44.0 Å². The summed E-state index contributed by atoms with van der Waals surface area (Å²) in [4.78, 5) is 11.5. The van der Waals surface area contributed by atoms with Crippen LogP contribution >= 0.6 is 11.6 Å². The number of piperidine rings is 1. The summed E-state index contributed by atoms with van der Waals surface area (Å²) >= 11 is 6.05. The first-order chi connectivity index (χ1) is 15.2. The van der Waals surface area contributed by atoms with Crippen molar-refractivity contribution in [2.45, 2.75) is 32.4 Å². The van der Waals surface area contributed by atoms with Crippen molar-refractivity contribution < 1.29 is 4.52 Å². The van der Waals surface area contributed by atoms with Gasteiger partial charge in [0.2, 0.25) is 11.7 Å². The van der Waals surface area contributed by atoms with E-state index in [-0.39, 0.29) is 0 Å². The summed E-state index contributed by atoms with van der Waals surface area (Å²) < 4.78 is 5.37. The topological polar surface area (TPSA) is 78.6 Å². The summed E-state index contributed by atoms with van der Waals surface area (Å²) in [7, 11) is 0. The highest BCUT2D eigenvalue weighted by Crippen LogP contribution is 2.21. The van der Waals surface area contributed by atoms with Crippen molar-refractivity contribution in [3.05, 3.63) is 65.5 Å². The van der Waals surface area contributed by atoms with Crippen molar-refractivity contribution in [3.63, 3.8) is 0 Å². The highest BCUT2D eigenvalue weighted by Gasteiger charge is 2.20. The zero-order valence-electron chi connectivity index (χ0n) is 17.6. The Morgan fingerprint density at radius 3 is 2.71 bits per heavy atom. The third-order valence-corrected chi connectivity index (χ3v) is 5.46. The Labute approximate surface area is 187 Å². The molecule has 0 atom stereocenters. The molecule has 7 nitrogen and oxygen atoms in total. The molecular weight excluding hydrogens is 412 g/mol. The molecule has 1 saturated heterocycles. The van der Waals surface area contributed by atoms with E-state index in [2.05, 4.69) is 67.9 Å². The second-order valence-electron chi connectivity index (χ2n) is 7.46. The molecule has 1 aliphatic heterocycles. The number of aromatic nitrogens is 2. The molecule has 2 heterocycles. The summed E-state index contributed by atoms with van der Waals surface area (Å²) in [5.41, 5.74) is 2.11. The summed E-state index contributed by atoms with van der Waals surface area (Å²) in [5, 5.41) is 11.5. The fourth-order valence-corrected chi connectivity index (χ4v) is 3.84. The van der Waals surface area contributed by atoms with Gasteiger partial charge >= 0.3 is 0 Å². The Morgan fingerprint density at radius 1 is 1.16 bits per heavy atom. The van der Waals surface area contributed by atoms with Gasteiger partial charge in [-0.25, -0.2) is 4.99 Å². The molecule has 31 heavy (non-hydrogen) atoms. The number of nitrogens with one attached hydrogen (secondary N) is 2. The number of hydrogen-bond acceptors (Lipinski definition) is 5. The van der Waals surface area contributed by atoms with Crippen molar-refractivity contribution >= 4 is 23.2 Å². The minimum Gasteiger partial charge on any atom is -0.371 e. The summed E-state index contributed by atoms with van der Waals surface area (Å²) in [6.07, 6.45) is 2.11. The largest absolute Gasteiger partial charge is 0.371 e. The number of rotatable bonds is 6. The van der Waals surface area contributed by atoms with Gasteiger partial charge in [0.1, 0.15) is 6.54 Å². The Hall–Kier alpha value is -3.06. The first kappa shape index (κ1) is 21.2. The van der Waals surface area contributed by atoms with E-state index in [0.29, 0.717) is 29.3 Å². The standard InChI is InChI=1S/C23H27ClN6O/c1-2-25-23(27-19-11-13-30(14-12-19)20-9-4-3-5-10-20)26-16-21-28-22(29-31-21)17-7-6-8-18(24)15-17/h3-10,15,19H,2,11-14,16H2,1H3,(H2,25,26,27). The molecule has 0 saturated carbocycles. The van der Waals surface area contributed by atoms with E-state index in [1.54, 1.807) is 0 Å². The Kier molecular flexibility index (Phi) is 7.04. The number of para-hydroxylation sites is 1. The van der Waals surface area contributed by atoms with E-state index in [4.69, 9.17) is 16.1 Å². The van der Waals surface area contributed by atoms with Gasteiger partial charge in [-0.05, 0) is 44.0 Å². The number of hydrogen-bond donors (Lipinski definition) is 2. The van der Waals surface area contributed by atoms with Crippen LogP contribution in [0, 0.1) is 0 Å². The molecule has 1 aromatic heterocycles. The smallest absolute Gasteiger partial charge is 0.248 e. The molecule has 0 amide bonds. The quantitative estimate of drug-likeness (QED) is 0.445. The van der Waals surface area contributed by atoms with Crippen molar-refractivity contribution in [2.75, 3.05) is 24.5 Å².